The first-order valence-electron chi connectivity index (χ1n) is 8.64. The third-order valence-electron chi connectivity index (χ3n) is 4.70. The van der Waals surface area contributed by atoms with Gasteiger partial charge in [0.05, 0.1) is 0 Å². The molecule has 2 aromatic rings. The molecular formula is C21H24N2O2. The molecule has 1 fully saturated rings. The van der Waals surface area contributed by atoms with Gasteiger partial charge in [-0.15, -0.1) is 0 Å². The molecule has 2 aromatic carbocycles. The lowest BCUT2D eigenvalue weighted by atomic mass is 10.1. The third-order valence-corrected chi connectivity index (χ3v) is 4.70. The number of nitrogens with zero attached hydrogens (tertiary/aromatic N) is 2. The van der Waals surface area contributed by atoms with Crippen molar-refractivity contribution < 1.29 is 9.59 Å². The van der Waals surface area contributed by atoms with Crippen molar-refractivity contribution in [2.24, 2.45) is 0 Å². The van der Waals surface area contributed by atoms with E-state index in [0.717, 1.165) is 22.4 Å². The SMILES string of the molecule is Cc1cccc(C(=O)N2CCN(c3cc(C)cc(C)c3)C(=O)[C@@H]2C)c1. The van der Waals surface area contributed by atoms with Gasteiger partial charge in [-0.1, -0.05) is 23.8 Å². The van der Waals surface area contributed by atoms with Crippen LogP contribution in [0.2, 0.25) is 0 Å². The largest absolute Gasteiger partial charge is 0.325 e. The average Bonchev–Trinajstić information content (AvgIpc) is 2.55. The van der Waals surface area contributed by atoms with Crippen LogP contribution in [0, 0.1) is 20.8 Å². The predicted octanol–water partition coefficient (Wildman–Crippen LogP) is 3.49. The second-order valence-electron chi connectivity index (χ2n) is 6.88. The normalized spacial score (nSPS) is 17.8. The molecule has 0 aliphatic carbocycles. The fourth-order valence-electron chi connectivity index (χ4n) is 3.45. The van der Waals surface area contributed by atoms with E-state index in [9.17, 15) is 9.59 Å². The number of anilines is 1. The standard InChI is InChI=1S/C21H24N2O2/c1-14-6-5-7-18(11-14)21(25)22-8-9-23(20(24)17(22)4)19-12-15(2)10-16(3)13-19/h5-7,10-13,17H,8-9H2,1-4H3/t17-/m0/s1. The van der Waals surface area contributed by atoms with E-state index >= 15 is 0 Å². The molecule has 1 atom stereocenters. The van der Waals surface area contributed by atoms with Crippen molar-refractivity contribution in [1.29, 1.82) is 0 Å². The maximum Gasteiger partial charge on any atom is 0.254 e. The van der Waals surface area contributed by atoms with Gasteiger partial charge in [0.15, 0.2) is 0 Å². The van der Waals surface area contributed by atoms with Crippen LogP contribution in [-0.2, 0) is 4.79 Å². The lowest BCUT2D eigenvalue weighted by Gasteiger charge is -2.39. The fraction of sp³-hybridized carbons (Fsp3) is 0.333. The molecule has 2 amide bonds. The van der Waals surface area contributed by atoms with E-state index in [1.807, 2.05) is 64.1 Å². The molecule has 0 N–H and O–H groups in total. The molecule has 0 spiro atoms. The van der Waals surface area contributed by atoms with Crippen molar-refractivity contribution in [3.8, 4) is 0 Å². The Bertz CT molecular complexity index is 808. The zero-order valence-corrected chi connectivity index (χ0v) is 15.2. The summed E-state index contributed by atoms with van der Waals surface area (Å²) >= 11 is 0. The molecule has 4 heteroatoms. The van der Waals surface area contributed by atoms with Gasteiger partial charge in [0, 0.05) is 24.3 Å². The van der Waals surface area contributed by atoms with Crippen molar-refractivity contribution in [3.05, 3.63) is 64.7 Å². The smallest absolute Gasteiger partial charge is 0.254 e. The van der Waals surface area contributed by atoms with E-state index in [1.54, 1.807) is 9.80 Å². The number of carbonyl (C=O) groups excluding carboxylic acids is 2. The van der Waals surface area contributed by atoms with Crippen LogP contribution >= 0.6 is 0 Å². The Morgan fingerprint density at radius 1 is 0.960 bits per heavy atom. The zero-order chi connectivity index (χ0) is 18.1. The second kappa shape index (κ2) is 6.71. The van der Waals surface area contributed by atoms with E-state index in [1.165, 1.54) is 0 Å². The first kappa shape index (κ1) is 17.2. The molecule has 4 nitrogen and oxygen atoms in total. The Kier molecular flexibility index (Phi) is 4.62. The molecule has 0 bridgehead atoms. The van der Waals surface area contributed by atoms with Gasteiger partial charge in [-0.05, 0) is 63.1 Å². The van der Waals surface area contributed by atoms with Crippen LogP contribution in [0.25, 0.3) is 0 Å². The highest BCUT2D eigenvalue weighted by Gasteiger charge is 2.35. The Labute approximate surface area is 149 Å². The molecule has 1 heterocycles. The summed E-state index contributed by atoms with van der Waals surface area (Å²) in [5.41, 5.74) is 4.86. The number of aryl methyl sites for hydroxylation is 3. The summed E-state index contributed by atoms with van der Waals surface area (Å²) in [5.74, 6) is -0.109. The molecule has 25 heavy (non-hydrogen) atoms. The number of benzene rings is 2. The van der Waals surface area contributed by atoms with Gasteiger partial charge >= 0.3 is 0 Å². The minimum atomic E-state index is -0.470. The molecule has 1 aliphatic heterocycles. The molecule has 1 saturated heterocycles. The molecule has 1 aliphatic rings. The average molecular weight is 336 g/mol. The Morgan fingerprint density at radius 2 is 1.64 bits per heavy atom. The highest BCUT2D eigenvalue weighted by atomic mass is 16.2. The minimum absolute atomic E-state index is 0.0303. The summed E-state index contributed by atoms with van der Waals surface area (Å²) in [6.07, 6.45) is 0. The molecule has 130 valence electrons. The van der Waals surface area contributed by atoms with Gasteiger partial charge in [0.1, 0.15) is 6.04 Å². The van der Waals surface area contributed by atoms with Gasteiger partial charge in [0.2, 0.25) is 5.91 Å². The highest BCUT2D eigenvalue weighted by molar-refractivity contribution is 6.03. The molecular weight excluding hydrogens is 312 g/mol. The maximum atomic E-state index is 12.9. The third kappa shape index (κ3) is 3.43. The summed E-state index contributed by atoms with van der Waals surface area (Å²) in [4.78, 5) is 29.2. The summed E-state index contributed by atoms with van der Waals surface area (Å²) in [7, 11) is 0. The quantitative estimate of drug-likeness (QED) is 0.842. The summed E-state index contributed by atoms with van der Waals surface area (Å²) < 4.78 is 0. The summed E-state index contributed by atoms with van der Waals surface area (Å²) in [6.45, 7) is 8.88. The second-order valence-corrected chi connectivity index (χ2v) is 6.88. The Morgan fingerprint density at radius 3 is 2.28 bits per heavy atom. The first-order chi connectivity index (χ1) is 11.9. The van der Waals surface area contributed by atoms with E-state index < -0.39 is 6.04 Å². The number of hydrogen-bond acceptors (Lipinski definition) is 2. The van der Waals surface area contributed by atoms with Crippen molar-refractivity contribution in [2.45, 2.75) is 33.7 Å². The number of piperazine rings is 1. The zero-order valence-electron chi connectivity index (χ0n) is 15.2. The Balaban J connectivity index is 1.83. The van der Waals surface area contributed by atoms with Crippen molar-refractivity contribution in [3.63, 3.8) is 0 Å². The summed E-state index contributed by atoms with van der Waals surface area (Å²) in [5, 5.41) is 0. The van der Waals surface area contributed by atoms with Crippen LogP contribution in [0.5, 0.6) is 0 Å². The maximum absolute atomic E-state index is 12.9. The van der Waals surface area contributed by atoms with Crippen molar-refractivity contribution in [1.82, 2.24) is 4.90 Å². The predicted molar refractivity (Wildman–Crippen MR) is 99.9 cm³/mol. The van der Waals surface area contributed by atoms with Gasteiger partial charge in [-0.3, -0.25) is 9.59 Å². The fourth-order valence-corrected chi connectivity index (χ4v) is 3.45. The summed E-state index contributed by atoms with van der Waals surface area (Å²) in [6, 6.07) is 13.2. The number of hydrogen-bond donors (Lipinski definition) is 0. The van der Waals surface area contributed by atoms with Crippen LogP contribution < -0.4 is 4.90 Å². The molecule has 0 aromatic heterocycles. The molecule has 0 unspecified atom stereocenters. The van der Waals surface area contributed by atoms with Gasteiger partial charge in [0.25, 0.3) is 5.91 Å². The monoisotopic (exact) mass is 336 g/mol. The first-order valence-corrected chi connectivity index (χ1v) is 8.64. The van der Waals surface area contributed by atoms with Gasteiger partial charge in [-0.2, -0.15) is 0 Å². The number of rotatable bonds is 2. The lowest BCUT2D eigenvalue weighted by molar-refractivity contribution is -0.124. The van der Waals surface area contributed by atoms with Gasteiger partial charge < -0.3 is 9.80 Å². The van der Waals surface area contributed by atoms with Gasteiger partial charge in [-0.25, -0.2) is 0 Å². The van der Waals surface area contributed by atoms with Crippen LogP contribution in [-0.4, -0.2) is 35.8 Å². The highest BCUT2D eigenvalue weighted by Crippen LogP contribution is 2.24. The Hall–Kier alpha value is -2.62. The minimum Gasteiger partial charge on any atom is -0.325 e. The molecule has 0 saturated carbocycles. The molecule has 3 rings (SSSR count). The lowest BCUT2D eigenvalue weighted by Crippen LogP contribution is -2.57. The number of amides is 2. The van der Waals surface area contributed by atoms with Crippen molar-refractivity contribution in [2.75, 3.05) is 18.0 Å². The van der Waals surface area contributed by atoms with E-state index in [-0.39, 0.29) is 11.8 Å². The van der Waals surface area contributed by atoms with E-state index in [0.29, 0.717) is 18.7 Å². The topological polar surface area (TPSA) is 40.6 Å². The molecule has 0 radical (unpaired) electrons. The van der Waals surface area contributed by atoms with Crippen molar-refractivity contribution >= 4 is 17.5 Å². The van der Waals surface area contributed by atoms with Crippen LogP contribution in [0.4, 0.5) is 5.69 Å². The van der Waals surface area contributed by atoms with Crippen LogP contribution in [0.3, 0.4) is 0 Å². The van der Waals surface area contributed by atoms with E-state index in [4.69, 9.17) is 0 Å². The van der Waals surface area contributed by atoms with Crippen LogP contribution in [0.1, 0.15) is 34.0 Å². The number of carbonyl (C=O) groups is 2. The van der Waals surface area contributed by atoms with E-state index in [2.05, 4.69) is 6.07 Å². The van der Waals surface area contributed by atoms with Crippen LogP contribution in [0.15, 0.2) is 42.5 Å².